The molecule has 5 aliphatic carbocycles. The quantitative estimate of drug-likeness (QED) is 0.0389. The second-order valence-corrected chi connectivity index (χ2v) is 30.9. The van der Waals surface area contributed by atoms with Crippen molar-refractivity contribution >= 4 is 11.9 Å². The number of hydrogen-bond acceptors (Lipinski definition) is 32. The van der Waals surface area contributed by atoms with E-state index in [1.807, 2.05) is 6.92 Å². The zero-order valence-electron chi connectivity index (χ0n) is 55.2. The molecule has 556 valence electrons. The van der Waals surface area contributed by atoms with Crippen molar-refractivity contribution in [1.82, 2.24) is 0 Å². The monoisotopic (exact) mass is 1400 g/mol. The minimum atomic E-state index is -2.10. The van der Waals surface area contributed by atoms with Gasteiger partial charge in [-0.25, -0.2) is 0 Å². The van der Waals surface area contributed by atoms with Gasteiger partial charge in [0.15, 0.2) is 37.6 Å². The highest BCUT2D eigenvalue weighted by molar-refractivity contribution is 5.79. The van der Waals surface area contributed by atoms with Gasteiger partial charge >= 0.3 is 11.9 Å². The molecule has 0 amide bonds. The van der Waals surface area contributed by atoms with Crippen molar-refractivity contribution in [3.8, 4) is 0 Å². The minimum absolute atomic E-state index is 0.0516. The molecule has 38 atom stereocenters. The lowest BCUT2D eigenvalue weighted by atomic mass is 9.33. The van der Waals surface area contributed by atoms with E-state index in [-0.39, 0.29) is 24.2 Å². The van der Waals surface area contributed by atoms with Crippen LogP contribution in [0.2, 0.25) is 0 Å². The largest absolute Gasteiger partial charge is 0.481 e. The molecule has 0 spiro atoms. The lowest BCUT2D eigenvalue weighted by Gasteiger charge is -2.71. The molecule has 10 fully saturated rings. The maximum atomic E-state index is 15.5. The molecular formula is C64H102O33. The van der Waals surface area contributed by atoms with Crippen LogP contribution in [-0.2, 0) is 66.4 Å². The summed E-state index contributed by atoms with van der Waals surface area (Å²) >= 11 is 0. The second kappa shape index (κ2) is 28.2. The molecule has 33 heteroatoms. The number of fused-ring (bicyclic) bond motifs is 7. The molecule has 11 aliphatic rings. The van der Waals surface area contributed by atoms with E-state index in [1.165, 1.54) is 13.8 Å². The third-order valence-electron chi connectivity index (χ3n) is 24.9. The molecule has 4 saturated carbocycles. The summed E-state index contributed by atoms with van der Waals surface area (Å²) in [6.07, 6.45) is -47.6. The van der Waals surface area contributed by atoms with Crippen LogP contribution < -0.4 is 0 Å². The second-order valence-electron chi connectivity index (χ2n) is 30.9. The fourth-order valence-corrected chi connectivity index (χ4v) is 18.9. The van der Waals surface area contributed by atoms with Crippen molar-refractivity contribution < 1.29 is 163 Å². The topological polar surface area (TPSA) is 529 Å². The zero-order chi connectivity index (χ0) is 70.9. The van der Waals surface area contributed by atoms with Gasteiger partial charge in [0.1, 0.15) is 128 Å². The van der Waals surface area contributed by atoms with Crippen molar-refractivity contribution in [1.29, 1.82) is 0 Å². The number of ether oxygens (including phenoxy) is 12. The number of rotatable bonds is 16. The molecule has 97 heavy (non-hydrogen) atoms. The maximum absolute atomic E-state index is 15.5. The van der Waals surface area contributed by atoms with Gasteiger partial charge < -0.3 is 154 Å². The summed E-state index contributed by atoms with van der Waals surface area (Å²) in [5.74, 6) is -3.56. The fourth-order valence-electron chi connectivity index (χ4n) is 18.9. The number of carboxylic acids is 1. The SMILES string of the molecule is CC1OC(OC2C(OC(=O)C34CCC(C)(C)CC3C3=CCC5C6(C)CC(O)C(OC7OC(CO)C(O)C(O)C7OC7OC(CO)C(O)C(O)C7OC7OC(CO)C(O)C(O)C7O)C(C)(C(=O)O)C6CCC5(C)C3(C)CC4)OCC(O)C2O)C(O)C(O)C1OC1OCC(O)C(O)C1O. The van der Waals surface area contributed by atoms with Crippen molar-refractivity contribution in [3.05, 3.63) is 11.6 Å². The van der Waals surface area contributed by atoms with Gasteiger partial charge in [0, 0.05) is 0 Å². The van der Waals surface area contributed by atoms with Gasteiger partial charge in [-0.2, -0.15) is 0 Å². The van der Waals surface area contributed by atoms with Gasteiger partial charge in [0.25, 0.3) is 0 Å². The molecule has 6 saturated heterocycles. The summed E-state index contributed by atoms with van der Waals surface area (Å²) in [6, 6.07) is 0. The van der Waals surface area contributed by atoms with Gasteiger partial charge in [0.2, 0.25) is 6.29 Å². The van der Waals surface area contributed by atoms with Gasteiger partial charge in [-0.05, 0) is 111 Å². The van der Waals surface area contributed by atoms with E-state index < -0.39 is 268 Å². The van der Waals surface area contributed by atoms with E-state index in [0.717, 1.165) is 5.57 Å². The van der Waals surface area contributed by atoms with Crippen LogP contribution >= 0.6 is 0 Å². The lowest BCUT2D eigenvalue weighted by Crippen LogP contribution is -2.71. The van der Waals surface area contributed by atoms with Crippen molar-refractivity contribution in [2.24, 2.45) is 50.2 Å². The van der Waals surface area contributed by atoms with Crippen LogP contribution in [0, 0.1) is 50.2 Å². The van der Waals surface area contributed by atoms with E-state index in [0.29, 0.717) is 44.9 Å². The summed E-state index contributed by atoms with van der Waals surface area (Å²) in [7, 11) is 0. The van der Waals surface area contributed by atoms with Crippen LogP contribution in [0.3, 0.4) is 0 Å². The molecule has 38 unspecified atom stereocenters. The molecule has 6 aliphatic heterocycles. The molecule has 0 aromatic rings. The predicted octanol–water partition coefficient (Wildman–Crippen LogP) is -6.05. The van der Waals surface area contributed by atoms with Crippen molar-refractivity contribution in [2.45, 2.75) is 290 Å². The minimum Gasteiger partial charge on any atom is -0.481 e. The number of aliphatic carboxylic acids is 1. The lowest BCUT2D eigenvalue weighted by molar-refractivity contribution is -0.400. The Balaban J connectivity index is 0.837. The Morgan fingerprint density at radius 1 is 0.485 bits per heavy atom. The number of aliphatic hydroxyl groups is 18. The highest BCUT2D eigenvalue weighted by atomic mass is 16.8. The predicted molar refractivity (Wildman–Crippen MR) is 318 cm³/mol. The first-order valence-electron chi connectivity index (χ1n) is 33.8. The number of hydrogen-bond donors (Lipinski definition) is 19. The molecule has 0 radical (unpaired) electrons. The summed E-state index contributed by atoms with van der Waals surface area (Å²) in [6.45, 7) is 9.81. The summed E-state index contributed by atoms with van der Waals surface area (Å²) in [5.41, 5.74) is -4.71. The van der Waals surface area contributed by atoms with Gasteiger partial charge in [-0.1, -0.05) is 46.3 Å². The summed E-state index contributed by atoms with van der Waals surface area (Å²) in [4.78, 5) is 29.8. The normalized spacial score (nSPS) is 54.6. The Morgan fingerprint density at radius 3 is 1.55 bits per heavy atom. The number of carbonyl (C=O) groups excluding carboxylic acids is 1. The van der Waals surface area contributed by atoms with Gasteiger partial charge in [-0.3, -0.25) is 9.59 Å². The Bertz CT molecular complexity index is 2780. The van der Waals surface area contributed by atoms with Crippen LogP contribution in [0.1, 0.15) is 106 Å². The van der Waals surface area contributed by atoms with Gasteiger partial charge in [-0.15, -0.1) is 0 Å². The Morgan fingerprint density at radius 2 is 0.959 bits per heavy atom. The Labute approximate surface area is 559 Å². The van der Waals surface area contributed by atoms with Crippen LogP contribution in [-0.4, -0.2) is 326 Å². The molecule has 0 aromatic heterocycles. The molecule has 33 nitrogen and oxygen atoms in total. The molecule has 19 N–H and O–H groups in total. The Kier molecular flexibility index (Phi) is 22.0. The number of esters is 1. The van der Waals surface area contributed by atoms with E-state index in [9.17, 15) is 102 Å². The average molecular weight is 1400 g/mol. The van der Waals surface area contributed by atoms with Crippen LogP contribution in [0.15, 0.2) is 11.6 Å². The molecular weight excluding hydrogens is 1300 g/mol. The van der Waals surface area contributed by atoms with Crippen LogP contribution in [0.5, 0.6) is 0 Å². The maximum Gasteiger partial charge on any atom is 0.315 e. The van der Waals surface area contributed by atoms with Gasteiger partial charge in [0.05, 0.1) is 56.1 Å². The molecule has 0 bridgehead atoms. The zero-order valence-corrected chi connectivity index (χ0v) is 55.2. The number of carboxylic acid groups (broad SMARTS) is 1. The third-order valence-corrected chi connectivity index (χ3v) is 24.9. The van der Waals surface area contributed by atoms with Crippen molar-refractivity contribution in [2.75, 3.05) is 33.0 Å². The first-order valence-corrected chi connectivity index (χ1v) is 33.8. The van der Waals surface area contributed by atoms with Crippen LogP contribution in [0.4, 0.5) is 0 Å². The molecule has 11 rings (SSSR count). The molecule has 6 heterocycles. The highest BCUT2D eigenvalue weighted by Crippen LogP contribution is 2.76. The highest BCUT2D eigenvalue weighted by Gasteiger charge is 2.73. The summed E-state index contributed by atoms with van der Waals surface area (Å²) in [5, 5.41) is 208. The summed E-state index contributed by atoms with van der Waals surface area (Å²) < 4.78 is 71.4. The Hall–Kier alpha value is -2.48. The first-order chi connectivity index (χ1) is 45.5. The average Bonchev–Trinajstić information content (AvgIpc) is 0.672. The molecule has 0 aromatic carbocycles. The van der Waals surface area contributed by atoms with E-state index >= 15 is 4.79 Å². The van der Waals surface area contributed by atoms with Crippen LogP contribution in [0.25, 0.3) is 0 Å². The first kappa shape index (κ1) is 75.7. The number of carbonyl (C=O) groups is 2. The van der Waals surface area contributed by atoms with E-state index in [4.69, 9.17) is 56.8 Å². The smallest absolute Gasteiger partial charge is 0.315 e. The standard InChI is InChI=1S/C64H102O33/c1-23-46(92-51-43(80)34(71)27(69)21-86-51)42(79)45(82)52(88-23)93-47-35(72)28(70)22-87-54(47)97-58(85)64-14-12-59(2,3)16-25(64)24-8-9-32-60(4)17-26(68)50(63(7,57(83)84)33(60)10-11-62(32,6)61(24,5)13-15-64)96-56-49(41(78)38(75)31(20-67)91-56)95-55-48(40(77)37(74)30(19-66)90-55)94-53-44(81)39(76)36(73)29(18-65)89-53/h8,23,25-56,65-82H,9-22H2,1-7H3,(H,83,84). The van der Waals surface area contributed by atoms with Crippen molar-refractivity contribution in [3.63, 3.8) is 0 Å². The number of aliphatic hydroxyl groups excluding tert-OH is 18. The third kappa shape index (κ3) is 12.8. The van der Waals surface area contributed by atoms with E-state index in [1.54, 1.807) is 0 Å². The fraction of sp³-hybridized carbons (Fsp3) is 0.938. The van der Waals surface area contributed by atoms with E-state index in [2.05, 4.69) is 33.8 Å². The number of allylic oxidation sites excluding steroid dienone is 2.